The smallest absolute Gasteiger partial charge is 0.277 e. The number of hydrogen-bond acceptors (Lipinski definition) is 3. The summed E-state index contributed by atoms with van der Waals surface area (Å²) in [5.74, 6) is 0.179. The van der Waals surface area contributed by atoms with E-state index in [9.17, 15) is 4.79 Å². The van der Waals surface area contributed by atoms with Crippen molar-refractivity contribution in [2.24, 2.45) is 0 Å². The van der Waals surface area contributed by atoms with Crippen molar-refractivity contribution >= 4 is 17.3 Å². The highest BCUT2D eigenvalue weighted by Gasteiger charge is 2.17. The van der Waals surface area contributed by atoms with Gasteiger partial charge in [0.15, 0.2) is 6.54 Å². The molecule has 152 valence electrons. The van der Waals surface area contributed by atoms with Gasteiger partial charge in [-0.15, -0.1) is 0 Å². The molecular weight excluding hydrogens is 348 g/mol. The van der Waals surface area contributed by atoms with E-state index >= 15 is 0 Å². The van der Waals surface area contributed by atoms with Crippen molar-refractivity contribution in [2.45, 2.75) is 20.0 Å². The van der Waals surface area contributed by atoms with Crippen molar-refractivity contribution < 1.29 is 9.69 Å². The SMILES string of the molecule is CC[NH+](CC(=O)N(C)Cc1ccc(N(C)C)cc1)Cc1ccc(N(C)C)cc1. The summed E-state index contributed by atoms with van der Waals surface area (Å²) >= 11 is 0. The fourth-order valence-corrected chi connectivity index (χ4v) is 3.12. The molecule has 0 radical (unpaired) electrons. The van der Waals surface area contributed by atoms with Gasteiger partial charge in [0.2, 0.25) is 0 Å². The van der Waals surface area contributed by atoms with Crippen LogP contribution in [0.25, 0.3) is 0 Å². The highest BCUT2D eigenvalue weighted by Crippen LogP contribution is 2.13. The number of carbonyl (C=O) groups excluding carboxylic acids is 1. The van der Waals surface area contributed by atoms with Crippen LogP contribution in [0.1, 0.15) is 18.1 Å². The Kier molecular flexibility index (Phi) is 7.88. The van der Waals surface area contributed by atoms with E-state index in [0.717, 1.165) is 18.7 Å². The monoisotopic (exact) mass is 383 g/mol. The molecule has 5 heteroatoms. The van der Waals surface area contributed by atoms with Crippen LogP contribution >= 0.6 is 0 Å². The van der Waals surface area contributed by atoms with Crippen molar-refractivity contribution in [2.75, 3.05) is 58.1 Å². The molecule has 1 atom stereocenters. The van der Waals surface area contributed by atoms with Gasteiger partial charge < -0.3 is 19.6 Å². The highest BCUT2D eigenvalue weighted by atomic mass is 16.2. The number of nitrogens with zero attached hydrogens (tertiary/aromatic N) is 3. The fraction of sp³-hybridized carbons (Fsp3) is 0.435. The number of amides is 1. The van der Waals surface area contributed by atoms with E-state index in [1.807, 2.05) is 40.1 Å². The summed E-state index contributed by atoms with van der Waals surface area (Å²) < 4.78 is 0. The van der Waals surface area contributed by atoms with Gasteiger partial charge in [-0.1, -0.05) is 24.3 Å². The number of likely N-dealkylation sites (N-methyl/N-ethyl adjacent to an activating group) is 2. The number of anilines is 2. The molecule has 0 fully saturated rings. The third-order valence-electron chi connectivity index (χ3n) is 5.11. The Morgan fingerprint density at radius 1 is 0.786 bits per heavy atom. The van der Waals surface area contributed by atoms with Gasteiger partial charge in [-0.2, -0.15) is 0 Å². The third-order valence-corrected chi connectivity index (χ3v) is 5.11. The van der Waals surface area contributed by atoms with Gasteiger partial charge in [0.05, 0.1) is 6.54 Å². The number of quaternary nitrogens is 1. The quantitative estimate of drug-likeness (QED) is 0.717. The van der Waals surface area contributed by atoms with E-state index < -0.39 is 0 Å². The minimum atomic E-state index is 0.179. The van der Waals surface area contributed by atoms with Crippen molar-refractivity contribution in [3.8, 4) is 0 Å². The second kappa shape index (κ2) is 10.1. The largest absolute Gasteiger partial charge is 0.378 e. The van der Waals surface area contributed by atoms with Gasteiger partial charge >= 0.3 is 0 Å². The minimum Gasteiger partial charge on any atom is -0.378 e. The van der Waals surface area contributed by atoms with Crippen molar-refractivity contribution in [1.29, 1.82) is 0 Å². The van der Waals surface area contributed by atoms with Crippen LogP contribution in [0.5, 0.6) is 0 Å². The summed E-state index contributed by atoms with van der Waals surface area (Å²) in [5, 5.41) is 0. The summed E-state index contributed by atoms with van der Waals surface area (Å²) in [6, 6.07) is 17.0. The maximum absolute atomic E-state index is 12.7. The van der Waals surface area contributed by atoms with Gasteiger partial charge in [0.1, 0.15) is 6.54 Å². The zero-order valence-electron chi connectivity index (χ0n) is 18.2. The number of hydrogen-bond donors (Lipinski definition) is 1. The average Bonchev–Trinajstić information content (AvgIpc) is 2.68. The lowest BCUT2D eigenvalue weighted by Crippen LogP contribution is -3.11. The summed E-state index contributed by atoms with van der Waals surface area (Å²) in [5.41, 5.74) is 4.77. The standard InChI is InChI=1S/C23H34N4O/c1-7-27(17-20-10-14-22(15-11-20)25(4)5)18-23(28)26(6)16-19-8-12-21(13-9-19)24(2)3/h8-15H,7,16-18H2,1-6H3/p+1. The van der Waals surface area contributed by atoms with Crippen LogP contribution in [0, 0.1) is 0 Å². The maximum Gasteiger partial charge on any atom is 0.277 e. The van der Waals surface area contributed by atoms with Crippen LogP contribution in [0.2, 0.25) is 0 Å². The van der Waals surface area contributed by atoms with E-state index in [-0.39, 0.29) is 5.91 Å². The molecule has 0 aliphatic heterocycles. The maximum atomic E-state index is 12.7. The van der Waals surface area contributed by atoms with E-state index in [1.165, 1.54) is 21.8 Å². The molecule has 0 bridgehead atoms. The van der Waals surface area contributed by atoms with Crippen LogP contribution in [0.3, 0.4) is 0 Å². The molecule has 0 aromatic heterocycles. The second-order valence-corrected chi connectivity index (χ2v) is 7.83. The van der Waals surface area contributed by atoms with Gasteiger partial charge in [0, 0.05) is 58.7 Å². The van der Waals surface area contributed by atoms with Crippen LogP contribution in [-0.2, 0) is 17.9 Å². The lowest BCUT2D eigenvalue weighted by Gasteiger charge is -2.22. The fourth-order valence-electron chi connectivity index (χ4n) is 3.12. The molecule has 0 spiro atoms. The first kappa shape index (κ1) is 21.8. The predicted octanol–water partition coefficient (Wildman–Crippen LogP) is 1.88. The van der Waals surface area contributed by atoms with Crippen molar-refractivity contribution in [1.82, 2.24) is 4.90 Å². The molecule has 28 heavy (non-hydrogen) atoms. The minimum absolute atomic E-state index is 0.179. The van der Waals surface area contributed by atoms with Crippen molar-refractivity contribution in [3.05, 3.63) is 59.7 Å². The lowest BCUT2D eigenvalue weighted by molar-refractivity contribution is -0.904. The Hall–Kier alpha value is -2.53. The van der Waals surface area contributed by atoms with Crippen LogP contribution < -0.4 is 14.7 Å². The van der Waals surface area contributed by atoms with Gasteiger partial charge in [-0.3, -0.25) is 4.79 Å². The molecule has 1 amide bonds. The van der Waals surface area contributed by atoms with E-state index in [2.05, 4.69) is 65.3 Å². The molecule has 2 aromatic carbocycles. The molecule has 0 saturated heterocycles. The summed E-state index contributed by atoms with van der Waals surface area (Å²) in [7, 11) is 10.0. The Labute approximate surface area is 170 Å². The summed E-state index contributed by atoms with van der Waals surface area (Å²) in [6.07, 6.45) is 0. The van der Waals surface area contributed by atoms with Crippen LogP contribution in [-0.4, -0.2) is 59.1 Å². The first-order valence-electron chi connectivity index (χ1n) is 9.90. The number of benzene rings is 2. The Morgan fingerprint density at radius 2 is 1.25 bits per heavy atom. The van der Waals surface area contributed by atoms with Gasteiger partial charge in [0.25, 0.3) is 5.91 Å². The molecule has 1 N–H and O–H groups in total. The summed E-state index contributed by atoms with van der Waals surface area (Å²) in [4.78, 5) is 20.0. The summed E-state index contributed by atoms with van der Waals surface area (Å²) in [6.45, 7) is 5.07. The van der Waals surface area contributed by atoms with Gasteiger partial charge in [-0.25, -0.2) is 0 Å². The highest BCUT2D eigenvalue weighted by molar-refractivity contribution is 5.76. The van der Waals surface area contributed by atoms with Crippen LogP contribution in [0.15, 0.2) is 48.5 Å². The first-order chi connectivity index (χ1) is 13.3. The second-order valence-electron chi connectivity index (χ2n) is 7.83. The van der Waals surface area contributed by atoms with Gasteiger partial charge in [-0.05, 0) is 36.8 Å². The molecule has 1 unspecified atom stereocenters. The molecule has 0 aliphatic rings. The normalized spacial score (nSPS) is 11.8. The van der Waals surface area contributed by atoms with E-state index in [0.29, 0.717) is 13.1 Å². The Morgan fingerprint density at radius 3 is 1.68 bits per heavy atom. The third kappa shape index (κ3) is 6.27. The average molecular weight is 384 g/mol. The molecule has 0 heterocycles. The zero-order valence-corrected chi connectivity index (χ0v) is 18.2. The Balaban J connectivity index is 1.91. The molecule has 2 rings (SSSR count). The predicted molar refractivity (Wildman–Crippen MR) is 118 cm³/mol. The van der Waals surface area contributed by atoms with Crippen molar-refractivity contribution in [3.63, 3.8) is 0 Å². The number of rotatable bonds is 9. The molecule has 0 aliphatic carbocycles. The zero-order chi connectivity index (χ0) is 20.7. The molecule has 2 aromatic rings. The van der Waals surface area contributed by atoms with E-state index in [1.54, 1.807) is 0 Å². The topological polar surface area (TPSA) is 31.2 Å². The van der Waals surface area contributed by atoms with E-state index in [4.69, 9.17) is 0 Å². The Bertz CT molecular complexity index is 738. The lowest BCUT2D eigenvalue weighted by atomic mass is 10.1. The molecule has 0 saturated carbocycles. The number of nitrogens with one attached hydrogen (secondary N) is 1. The van der Waals surface area contributed by atoms with Crippen LogP contribution in [0.4, 0.5) is 11.4 Å². The first-order valence-corrected chi connectivity index (χ1v) is 9.90. The molecule has 5 nitrogen and oxygen atoms in total. The molecular formula is C23H35N4O+. The number of carbonyl (C=O) groups is 1.